The van der Waals surface area contributed by atoms with E-state index in [9.17, 15) is 4.39 Å². The van der Waals surface area contributed by atoms with Crippen LogP contribution in [0.25, 0.3) is 0 Å². The molecule has 0 bridgehead atoms. The molecule has 0 spiro atoms. The molecule has 0 unspecified atom stereocenters. The predicted molar refractivity (Wildman–Crippen MR) is 72.0 cm³/mol. The average molecular weight is 251 g/mol. The summed E-state index contributed by atoms with van der Waals surface area (Å²) in [4.78, 5) is 0. The molecule has 0 atom stereocenters. The van der Waals surface area contributed by atoms with E-state index in [1.165, 1.54) is 17.7 Å². The van der Waals surface area contributed by atoms with Gasteiger partial charge in [-0.05, 0) is 48.7 Å². The predicted octanol–water partition coefficient (Wildman–Crippen LogP) is 5.04. The minimum Gasteiger partial charge on any atom is -0.207 e. The van der Waals surface area contributed by atoms with Gasteiger partial charge in [0.1, 0.15) is 5.82 Å². The Bertz CT molecular complexity index is 431. The van der Waals surface area contributed by atoms with Crippen molar-refractivity contribution in [1.29, 1.82) is 0 Å². The summed E-state index contributed by atoms with van der Waals surface area (Å²) in [5.74, 6) is -0.162. The van der Waals surface area contributed by atoms with Crippen LogP contribution >= 0.6 is 11.6 Å². The quantitative estimate of drug-likeness (QED) is 0.665. The summed E-state index contributed by atoms with van der Waals surface area (Å²) in [6.07, 6.45) is 1.08. The highest BCUT2D eigenvalue weighted by Crippen LogP contribution is 2.09. The van der Waals surface area contributed by atoms with Crippen LogP contribution in [0.2, 0.25) is 5.02 Å². The molecule has 0 aliphatic rings. The first-order chi connectivity index (χ1) is 8.11. The Hall–Kier alpha value is -1.34. The number of aryl methyl sites for hydroxylation is 2. The van der Waals surface area contributed by atoms with Crippen molar-refractivity contribution in [3.63, 3.8) is 0 Å². The lowest BCUT2D eigenvalue weighted by molar-refractivity contribution is 0.626. The van der Waals surface area contributed by atoms with Gasteiger partial charge < -0.3 is 0 Å². The van der Waals surface area contributed by atoms with E-state index in [-0.39, 0.29) is 5.82 Å². The fraction of sp³-hybridized carbons (Fsp3) is 0.200. The van der Waals surface area contributed by atoms with E-state index in [0.29, 0.717) is 0 Å². The van der Waals surface area contributed by atoms with Crippen molar-refractivity contribution in [2.75, 3.05) is 0 Å². The van der Waals surface area contributed by atoms with E-state index in [1.807, 2.05) is 37.3 Å². The molecule has 0 aliphatic heterocycles. The van der Waals surface area contributed by atoms with Crippen LogP contribution in [0.5, 0.6) is 0 Å². The van der Waals surface area contributed by atoms with Crippen molar-refractivity contribution in [3.8, 4) is 0 Å². The molecule has 0 amide bonds. The Labute approximate surface area is 107 Å². The van der Waals surface area contributed by atoms with Crippen LogP contribution in [0.15, 0.2) is 48.5 Å². The van der Waals surface area contributed by atoms with Crippen molar-refractivity contribution in [2.24, 2.45) is 0 Å². The molecule has 0 saturated carbocycles. The van der Waals surface area contributed by atoms with Crippen LogP contribution < -0.4 is 0 Å². The maximum absolute atomic E-state index is 12.2. The van der Waals surface area contributed by atoms with Crippen molar-refractivity contribution in [3.05, 3.63) is 70.5 Å². The topological polar surface area (TPSA) is 0 Å². The minimum absolute atomic E-state index is 0.162. The van der Waals surface area contributed by atoms with E-state index in [4.69, 9.17) is 11.6 Å². The summed E-state index contributed by atoms with van der Waals surface area (Å²) >= 11 is 5.67. The van der Waals surface area contributed by atoms with Gasteiger partial charge in [-0.15, -0.1) is 0 Å². The molecule has 0 aromatic heterocycles. The highest BCUT2D eigenvalue weighted by molar-refractivity contribution is 6.30. The molecular formula is C15H16ClF. The summed E-state index contributed by atoms with van der Waals surface area (Å²) in [7, 11) is 0. The van der Waals surface area contributed by atoms with Gasteiger partial charge in [-0.25, -0.2) is 4.39 Å². The van der Waals surface area contributed by atoms with Gasteiger partial charge in [0, 0.05) is 5.02 Å². The molecule has 0 fully saturated rings. The van der Waals surface area contributed by atoms with E-state index in [0.717, 1.165) is 17.0 Å². The molecule has 17 heavy (non-hydrogen) atoms. The monoisotopic (exact) mass is 250 g/mol. The Morgan fingerprint density at radius 3 is 2.12 bits per heavy atom. The molecule has 0 heterocycles. The number of rotatable bonds is 1. The Morgan fingerprint density at radius 1 is 1.06 bits per heavy atom. The summed E-state index contributed by atoms with van der Waals surface area (Å²) in [6.45, 7) is 3.99. The minimum atomic E-state index is -0.162. The molecule has 2 aromatic rings. The zero-order valence-electron chi connectivity index (χ0n) is 10.1. The molecule has 2 heteroatoms. The molecular weight excluding hydrogens is 235 g/mol. The Kier molecular flexibility index (Phi) is 5.71. The molecule has 0 saturated heterocycles. The van der Waals surface area contributed by atoms with Gasteiger partial charge in [0.05, 0.1) is 0 Å². The lowest BCUT2D eigenvalue weighted by atomic mass is 10.2. The largest absolute Gasteiger partial charge is 0.207 e. The van der Waals surface area contributed by atoms with Crippen molar-refractivity contribution in [2.45, 2.75) is 20.3 Å². The van der Waals surface area contributed by atoms with Gasteiger partial charge in [-0.2, -0.15) is 0 Å². The first kappa shape index (κ1) is 13.7. The molecule has 90 valence electrons. The van der Waals surface area contributed by atoms with Crippen molar-refractivity contribution in [1.82, 2.24) is 0 Å². The lowest BCUT2D eigenvalue weighted by Gasteiger charge is -1.93. The zero-order chi connectivity index (χ0) is 12.7. The zero-order valence-corrected chi connectivity index (χ0v) is 10.8. The molecule has 0 aliphatic carbocycles. The molecule has 0 nitrogen and oxygen atoms in total. The fourth-order valence-electron chi connectivity index (χ4n) is 1.33. The normalized spacial score (nSPS) is 9.41. The highest BCUT2D eigenvalue weighted by Gasteiger charge is 1.86. The van der Waals surface area contributed by atoms with Crippen LogP contribution in [0.1, 0.15) is 18.1 Å². The van der Waals surface area contributed by atoms with Gasteiger partial charge in [0.2, 0.25) is 0 Å². The van der Waals surface area contributed by atoms with Gasteiger partial charge in [0.25, 0.3) is 0 Å². The van der Waals surface area contributed by atoms with E-state index in [2.05, 4.69) is 6.92 Å². The standard InChI is InChI=1S/C8H9Cl.C7H7F/c1-2-7-3-5-8(9)6-4-7;1-6-3-2-4-7(8)5-6/h3-6H,2H2,1H3;2-5H,1H3. The lowest BCUT2D eigenvalue weighted by Crippen LogP contribution is -1.75. The Balaban J connectivity index is 0.000000171. The highest BCUT2D eigenvalue weighted by atomic mass is 35.5. The van der Waals surface area contributed by atoms with E-state index in [1.54, 1.807) is 6.07 Å². The van der Waals surface area contributed by atoms with E-state index >= 15 is 0 Å². The maximum Gasteiger partial charge on any atom is 0.123 e. The third kappa shape index (κ3) is 5.50. The van der Waals surface area contributed by atoms with Crippen LogP contribution in [0.4, 0.5) is 4.39 Å². The molecule has 2 rings (SSSR count). The number of halogens is 2. The number of hydrogen-bond acceptors (Lipinski definition) is 0. The van der Waals surface area contributed by atoms with Gasteiger partial charge in [-0.1, -0.05) is 42.8 Å². The van der Waals surface area contributed by atoms with Crippen LogP contribution in [-0.2, 0) is 6.42 Å². The fourth-order valence-corrected chi connectivity index (χ4v) is 1.45. The second kappa shape index (κ2) is 7.08. The van der Waals surface area contributed by atoms with Gasteiger partial charge >= 0.3 is 0 Å². The van der Waals surface area contributed by atoms with E-state index < -0.39 is 0 Å². The third-order valence-corrected chi connectivity index (χ3v) is 2.55. The van der Waals surface area contributed by atoms with Crippen molar-refractivity contribution < 1.29 is 4.39 Å². The first-order valence-electron chi connectivity index (χ1n) is 5.58. The second-order valence-electron chi connectivity index (χ2n) is 3.78. The Morgan fingerprint density at radius 2 is 1.71 bits per heavy atom. The van der Waals surface area contributed by atoms with Crippen molar-refractivity contribution >= 4 is 11.6 Å². The first-order valence-corrected chi connectivity index (χ1v) is 5.96. The second-order valence-corrected chi connectivity index (χ2v) is 4.22. The van der Waals surface area contributed by atoms with Gasteiger partial charge in [0.15, 0.2) is 0 Å². The number of benzene rings is 2. The SMILES string of the molecule is CCc1ccc(Cl)cc1.Cc1cccc(F)c1. The van der Waals surface area contributed by atoms with Gasteiger partial charge in [-0.3, -0.25) is 0 Å². The maximum atomic E-state index is 12.2. The molecule has 2 aromatic carbocycles. The summed E-state index contributed by atoms with van der Waals surface area (Å²) in [5, 5.41) is 0.812. The molecule has 0 radical (unpaired) electrons. The summed E-state index contributed by atoms with van der Waals surface area (Å²) < 4.78 is 12.2. The van der Waals surface area contributed by atoms with Crippen LogP contribution in [0, 0.1) is 12.7 Å². The summed E-state index contributed by atoms with van der Waals surface area (Å²) in [6, 6.07) is 14.4. The molecule has 0 N–H and O–H groups in total. The van der Waals surface area contributed by atoms with Crippen LogP contribution in [-0.4, -0.2) is 0 Å². The van der Waals surface area contributed by atoms with Crippen LogP contribution in [0.3, 0.4) is 0 Å². The average Bonchev–Trinajstić information content (AvgIpc) is 2.30. The third-order valence-electron chi connectivity index (χ3n) is 2.30. The number of hydrogen-bond donors (Lipinski definition) is 0. The summed E-state index contributed by atoms with van der Waals surface area (Å²) in [5.41, 5.74) is 2.30. The smallest absolute Gasteiger partial charge is 0.123 e.